The zero-order valence-electron chi connectivity index (χ0n) is 17.2. The minimum Gasteiger partial charge on any atom is -0.352 e. The molecule has 0 bridgehead atoms. The molecule has 0 unspecified atom stereocenters. The Hall–Kier alpha value is -2.66. The summed E-state index contributed by atoms with van der Waals surface area (Å²) in [4.78, 5) is 22.8. The summed E-state index contributed by atoms with van der Waals surface area (Å²) < 4.78 is 0. The van der Waals surface area contributed by atoms with Gasteiger partial charge >= 0.3 is 0 Å². The van der Waals surface area contributed by atoms with Gasteiger partial charge in [-0.25, -0.2) is 4.98 Å². The number of likely N-dealkylation sites (tertiary alicyclic amines) is 1. The van der Waals surface area contributed by atoms with Crippen LogP contribution in [0.3, 0.4) is 0 Å². The van der Waals surface area contributed by atoms with Gasteiger partial charge in [-0.3, -0.25) is 9.69 Å². The van der Waals surface area contributed by atoms with Gasteiger partial charge in [0, 0.05) is 32.0 Å². The van der Waals surface area contributed by atoms with E-state index < -0.39 is 0 Å². The van der Waals surface area contributed by atoms with Gasteiger partial charge in [0.1, 0.15) is 5.82 Å². The van der Waals surface area contributed by atoms with Crippen LogP contribution in [0.1, 0.15) is 49.6 Å². The number of rotatable bonds is 7. The van der Waals surface area contributed by atoms with Crippen LogP contribution in [0, 0.1) is 0 Å². The normalized spacial score (nSPS) is 17.5. The fourth-order valence-corrected chi connectivity index (χ4v) is 4.13. The van der Waals surface area contributed by atoms with Crippen LogP contribution in [-0.2, 0) is 24.3 Å². The zero-order chi connectivity index (χ0) is 20.1. The maximum absolute atomic E-state index is 12.4. The molecule has 5 heteroatoms. The maximum atomic E-state index is 12.4. The number of H-pyrrole nitrogens is 1. The predicted octanol–water partition coefficient (Wildman–Crippen LogP) is 4.19. The van der Waals surface area contributed by atoms with Gasteiger partial charge < -0.3 is 10.3 Å². The Bertz CT molecular complexity index is 931. The molecule has 0 radical (unpaired) electrons. The molecule has 1 saturated heterocycles. The molecular weight excluding hydrogens is 360 g/mol. The van der Waals surface area contributed by atoms with Crippen molar-refractivity contribution in [2.24, 2.45) is 0 Å². The summed E-state index contributed by atoms with van der Waals surface area (Å²) in [5.41, 5.74) is 4.49. The number of aromatic nitrogens is 2. The first-order valence-corrected chi connectivity index (χ1v) is 10.7. The molecule has 152 valence electrons. The Morgan fingerprint density at radius 3 is 2.76 bits per heavy atom. The van der Waals surface area contributed by atoms with Crippen LogP contribution in [0.2, 0.25) is 0 Å². The smallest absolute Gasteiger partial charge is 0.220 e. The first-order chi connectivity index (χ1) is 14.2. The van der Waals surface area contributed by atoms with Crippen molar-refractivity contribution < 1.29 is 4.79 Å². The Morgan fingerprint density at radius 1 is 1.14 bits per heavy atom. The van der Waals surface area contributed by atoms with Gasteiger partial charge in [-0.05, 0) is 49.6 Å². The third-order valence-corrected chi connectivity index (χ3v) is 5.94. The highest BCUT2D eigenvalue weighted by Crippen LogP contribution is 2.21. The van der Waals surface area contributed by atoms with Crippen molar-refractivity contribution in [3.05, 3.63) is 65.5 Å². The fourth-order valence-electron chi connectivity index (χ4n) is 4.13. The SMILES string of the molecule is C[C@H]1CCCCN1Cc1ccccc1CNC(=O)CCc1nc2ccccc2[nH]1. The quantitative estimate of drug-likeness (QED) is 0.636. The van der Waals surface area contributed by atoms with Gasteiger partial charge in [-0.1, -0.05) is 42.8 Å². The van der Waals surface area contributed by atoms with Gasteiger partial charge in [-0.2, -0.15) is 0 Å². The second-order valence-corrected chi connectivity index (χ2v) is 8.06. The average molecular weight is 391 g/mol. The van der Waals surface area contributed by atoms with Crippen molar-refractivity contribution >= 4 is 16.9 Å². The van der Waals surface area contributed by atoms with Crippen molar-refractivity contribution in [1.29, 1.82) is 0 Å². The maximum Gasteiger partial charge on any atom is 0.220 e. The van der Waals surface area contributed by atoms with E-state index in [1.807, 2.05) is 24.3 Å². The molecular formula is C24H30N4O. The topological polar surface area (TPSA) is 61.0 Å². The summed E-state index contributed by atoms with van der Waals surface area (Å²) in [6.45, 7) is 5.03. The molecule has 2 heterocycles. The number of nitrogens with zero attached hydrogens (tertiary/aromatic N) is 2. The van der Waals surface area contributed by atoms with E-state index in [4.69, 9.17) is 0 Å². The minimum atomic E-state index is 0.0617. The second kappa shape index (κ2) is 9.23. The summed E-state index contributed by atoms with van der Waals surface area (Å²) in [6, 6.07) is 17.1. The molecule has 2 aromatic carbocycles. The first kappa shape index (κ1) is 19.6. The number of nitrogens with one attached hydrogen (secondary N) is 2. The van der Waals surface area contributed by atoms with Gasteiger partial charge in [0.15, 0.2) is 0 Å². The Labute approximate surface area is 172 Å². The number of amides is 1. The molecule has 0 saturated carbocycles. The summed E-state index contributed by atoms with van der Waals surface area (Å²) in [5, 5.41) is 3.09. The average Bonchev–Trinajstić information content (AvgIpc) is 3.16. The predicted molar refractivity (Wildman–Crippen MR) is 116 cm³/mol. The Balaban J connectivity index is 1.30. The third-order valence-electron chi connectivity index (χ3n) is 5.94. The first-order valence-electron chi connectivity index (χ1n) is 10.7. The van der Waals surface area contributed by atoms with Crippen molar-refractivity contribution in [3.8, 4) is 0 Å². The largest absolute Gasteiger partial charge is 0.352 e. The fraction of sp³-hybridized carbons (Fsp3) is 0.417. The number of hydrogen-bond donors (Lipinski definition) is 2. The number of aromatic amines is 1. The summed E-state index contributed by atoms with van der Waals surface area (Å²) in [7, 11) is 0. The third kappa shape index (κ3) is 5.04. The minimum absolute atomic E-state index is 0.0617. The number of carbonyl (C=O) groups is 1. The summed E-state index contributed by atoms with van der Waals surface area (Å²) in [5.74, 6) is 0.924. The van der Waals surface area contributed by atoms with Crippen LogP contribution in [0.4, 0.5) is 0 Å². The standard InChI is InChI=1S/C24H30N4O/c1-18-8-6-7-15-28(18)17-20-10-3-2-9-19(20)16-25-24(29)14-13-23-26-21-11-4-5-12-22(21)27-23/h2-5,9-12,18H,6-8,13-17H2,1H3,(H,25,29)(H,26,27)/t18-/m0/s1. The number of imidazole rings is 1. The number of para-hydroxylation sites is 2. The Morgan fingerprint density at radius 2 is 1.93 bits per heavy atom. The lowest BCUT2D eigenvalue weighted by molar-refractivity contribution is -0.121. The van der Waals surface area contributed by atoms with Crippen LogP contribution in [-0.4, -0.2) is 33.4 Å². The highest BCUT2D eigenvalue weighted by molar-refractivity contribution is 5.77. The molecule has 1 amide bonds. The van der Waals surface area contributed by atoms with Gasteiger partial charge in [-0.15, -0.1) is 0 Å². The molecule has 29 heavy (non-hydrogen) atoms. The van der Waals surface area contributed by atoms with Crippen molar-refractivity contribution in [1.82, 2.24) is 20.2 Å². The molecule has 3 aromatic rings. The lowest BCUT2D eigenvalue weighted by Crippen LogP contribution is -2.37. The molecule has 1 aromatic heterocycles. The van der Waals surface area contributed by atoms with E-state index in [-0.39, 0.29) is 5.91 Å². The number of piperidine rings is 1. The van der Waals surface area contributed by atoms with E-state index >= 15 is 0 Å². The molecule has 0 aliphatic carbocycles. The van der Waals surface area contributed by atoms with E-state index in [0.29, 0.717) is 25.4 Å². The molecule has 0 spiro atoms. The van der Waals surface area contributed by atoms with Crippen molar-refractivity contribution in [3.63, 3.8) is 0 Å². The van der Waals surface area contributed by atoms with E-state index in [1.54, 1.807) is 0 Å². The zero-order valence-corrected chi connectivity index (χ0v) is 17.2. The van der Waals surface area contributed by atoms with E-state index in [1.165, 1.54) is 36.9 Å². The van der Waals surface area contributed by atoms with Gasteiger partial charge in [0.2, 0.25) is 5.91 Å². The second-order valence-electron chi connectivity index (χ2n) is 8.06. The summed E-state index contributed by atoms with van der Waals surface area (Å²) in [6.07, 6.45) is 4.95. The van der Waals surface area contributed by atoms with E-state index in [0.717, 1.165) is 23.4 Å². The molecule has 1 atom stereocenters. The van der Waals surface area contributed by atoms with Crippen LogP contribution in [0.25, 0.3) is 11.0 Å². The Kier molecular flexibility index (Phi) is 6.25. The van der Waals surface area contributed by atoms with Crippen LogP contribution in [0.15, 0.2) is 48.5 Å². The lowest BCUT2D eigenvalue weighted by Gasteiger charge is -2.33. The number of benzene rings is 2. The van der Waals surface area contributed by atoms with Crippen LogP contribution >= 0.6 is 0 Å². The van der Waals surface area contributed by atoms with Crippen molar-refractivity contribution in [2.45, 2.75) is 58.2 Å². The monoisotopic (exact) mass is 390 g/mol. The van der Waals surface area contributed by atoms with Crippen molar-refractivity contribution in [2.75, 3.05) is 6.54 Å². The molecule has 2 N–H and O–H groups in total. The number of carbonyl (C=O) groups excluding carboxylic acids is 1. The van der Waals surface area contributed by atoms with Crippen LogP contribution < -0.4 is 5.32 Å². The molecule has 1 fully saturated rings. The molecule has 5 nitrogen and oxygen atoms in total. The lowest BCUT2D eigenvalue weighted by atomic mass is 10.0. The van der Waals surface area contributed by atoms with E-state index in [9.17, 15) is 4.79 Å². The van der Waals surface area contributed by atoms with Crippen LogP contribution in [0.5, 0.6) is 0 Å². The molecule has 1 aliphatic rings. The highest BCUT2D eigenvalue weighted by atomic mass is 16.1. The summed E-state index contributed by atoms with van der Waals surface area (Å²) >= 11 is 0. The highest BCUT2D eigenvalue weighted by Gasteiger charge is 2.19. The number of hydrogen-bond acceptors (Lipinski definition) is 3. The number of aryl methyl sites for hydroxylation is 1. The molecule has 1 aliphatic heterocycles. The van der Waals surface area contributed by atoms with Gasteiger partial charge in [0.25, 0.3) is 0 Å². The molecule has 4 rings (SSSR count). The van der Waals surface area contributed by atoms with E-state index in [2.05, 4.69) is 51.4 Å². The van der Waals surface area contributed by atoms with Gasteiger partial charge in [0.05, 0.1) is 11.0 Å². The number of fused-ring (bicyclic) bond motifs is 1.